The minimum atomic E-state index is -0.846. The molecule has 1 atom stereocenters. The minimum Gasteiger partial charge on any atom is -0.481 e. The number of nitrogens with two attached hydrogens (primary N) is 1. The van der Waals surface area contributed by atoms with E-state index < -0.39 is 12.2 Å². The van der Waals surface area contributed by atoms with Crippen LogP contribution in [-0.4, -0.2) is 71.6 Å². The Morgan fingerprint density at radius 1 is 1.41 bits per heavy atom. The number of aldehydes is 1. The Morgan fingerprint density at radius 3 is 2.66 bits per heavy atom. The Bertz CT molecular complexity index is 925. The third-order valence-electron chi connectivity index (χ3n) is 5.55. The van der Waals surface area contributed by atoms with Crippen LogP contribution < -0.4 is 10.6 Å². The van der Waals surface area contributed by atoms with Crippen molar-refractivity contribution in [3.8, 4) is 11.3 Å². The molecule has 10 heteroatoms. The Kier molecular flexibility index (Phi) is 8.32. The van der Waals surface area contributed by atoms with Gasteiger partial charge in [0.25, 0.3) is 0 Å². The number of nitrogens with zero attached hydrogens (tertiary/aromatic N) is 3. The molecule has 4 N–H and O–H groups in total. The van der Waals surface area contributed by atoms with Gasteiger partial charge in [-0.05, 0) is 19.8 Å². The number of hydrogen-bond acceptors (Lipinski definition) is 8. The van der Waals surface area contributed by atoms with Gasteiger partial charge in [0.05, 0.1) is 12.1 Å². The lowest BCUT2D eigenvalue weighted by Gasteiger charge is -2.39. The van der Waals surface area contributed by atoms with E-state index in [0.717, 1.165) is 35.5 Å². The van der Waals surface area contributed by atoms with Crippen LogP contribution in [0.15, 0.2) is 29.6 Å². The number of nitrogen functional groups attached to an aromatic ring is 1. The summed E-state index contributed by atoms with van der Waals surface area (Å²) in [6, 6.07) is 7.47. The molecule has 1 saturated heterocycles. The van der Waals surface area contributed by atoms with Crippen molar-refractivity contribution in [3.63, 3.8) is 0 Å². The molecule has 3 rings (SSSR count). The van der Waals surface area contributed by atoms with Gasteiger partial charge in [0.2, 0.25) is 0 Å². The molecule has 0 aliphatic carbocycles. The summed E-state index contributed by atoms with van der Waals surface area (Å²) in [5.41, 5.74) is 7.89. The van der Waals surface area contributed by atoms with Crippen LogP contribution >= 0.6 is 11.3 Å². The largest absolute Gasteiger partial charge is 0.481 e. The monoisotopic (exact) mass is 459 g/mol. The van der Waals surface area contributed by atoms with Crippen LogP contribution in [-0.2, 0) is 14.3 Å². The fourth-order valence-corrected chi connectivity index (χ4v) is 4.79. The van der Waals surface area contributed by atoms with E-state index in [1.807, 2.05) is 29.3 Å². The zero-order valence-electron chi connectivity index (χ0n) is 18.1. The standard InChI is InChI=1S/C22H29N5O4S/c1-2-31-19(13-28)26-10-7-17(8-11-26)27(12-9-20(29)30)22-25-18(14-32-22)15-3-5-16(6-4-15)21(23)24/h3-6,13-14,17,19H,2,7-12H2,1H3,(H3,23,24)(H,29,30). The van der Waals surface area contributed by atoms with Crippen LogP contribution in [0.25, 0.3) is 11.3 Å². The maximum atomic E-state index is 11.3. The van der Waals surface area contributed by atoms with E-state index in [0.29, 0.717) is 31.8 Å². The van der Waals surface area contributed by atoms with Crippen LogP contribution in [0.2, 0.25) is 0 Å². The number of carbonyl (C=O) groups is 2. The van der Waals surface area contributed by atoms with Gasteiger partial charge in [0.15, 0.2) is 17.6 Å². The first-order chi connectivity index (χ1) is 15.4. The Labute approximate surface area is 191 Å². The number of carboxylic acids is 1. The SMILES string of the molecule is CCOC(C=O)N1CCC(N(CCC(=O)O)c2nc(-c3ccc(C(=N)N)cc3)cs2)CC1. The second-order valence-corrected chi connectivity index (χ2v) is 8.43. The number of nitrogens with one attached hydrogen (secondary N) is 1. The first kappa shape index (κ1) is 23.8. The number of likely N-dealkylation sites (tertiary alicyclic amines) is 1. The first-order valence-electron chi connectivity index (χ1n) is 10.6. The van der Waals surface area contributed by atoms with Gasteiger partial charge in [-0.2, -0.15) is 0 Å². The van der Waals surface area contributed by atoms with Gasteiger partial charge in [0, 0.05) is 48.8 Å². The molecular formula is C22H29N5O4S. The molecule has 32 heavy (non-hydrogen) atoms. The number of hydrogen-bond donors (Lipinski definition) is 3. The highest BCUT2D eigenvalue weighted by molar-refractivity contribution is 7.14. The molecule has 2 aromatic rings. The van der Waals surface area contributed by atoms with Crippen molar-refractivity contribution in [2.24, 2.45) is 5.73 Å². The molecule has 2 heterocycles. The fourth-order valence-electron chi connectivity index (χ4n) is 3.85. The molecular weight excluding hydrogens is 430 g/mol. The van der Waals surface area contributed by atoms with Gasteiger partial charge < -0.3 is 20.5 Å². The Hall–Kier alpha value is -2.82. The number of amidine groups is 1. The predicted octanol–water partition coefficient (Wildman–Crippen LogP) is 2.40. The number of rotatable bonds is 11. The van der Waals surface area contributed by atoms with Gasteiger partial charge in [-0.3, -0.25) is 19.9 Å². The van der Waals surface area contributed by atoms with E-state index in [4.69, 9.17) is 20.9 Å². The van der Waals surface area contributed by atoms with E-state index in [-0.39, 0.29) is 18.3 Å². The number of piperidine rings is 1. The van der Waals surface area contributed by atoms with Gasteiger partial charge in [0.1, 0.15) is 5.84 Å². The number of anilines is 1. The van der Waals surface area contributed by atoms with Crippen molar-refractivity contribution in [1.82, 2.24) is 9.88 Å². The van der Waals surface area contributed by atoms with Crippen molar-refractivity contribution < 1.29 is 19.4 Å². The average Bonchev–Trinajstić information content (AvgIpc) is 3.28. The molecule has 172 valence electrons. The summed E-state index contributed by atoms with van der Waals surface area (Å²) in [7, 11) is 0. The van der Waals surface area contributed by atoms with E-state index in [1.165, 1.54) is 11.3 Å². The smallest absolute Gasteiger partial charge is 0.305 e. The molecule has 0 radical (unpaired) electrons. The summed E-state index contributed by atoms with van der Waals surface area (Å²) < 4.78 is 5.50. The minimum absolute atomic E-state index is 0.0165. The van der Waals surface area contributed by atoms with Crippen LogP contribution in [0.3, 0.4) is 0 Å². The van der Waals surface area contributed by atoms with Crippen molar-refractivity contribution in [3.05, 3.63) is 35.2 Å². The summed E-state index contributed by atoms with van der Waals surface area (Å²) in [4.78, 5) is 31.5. The Morgan fingerprint density at radius 2 is 2.09 bits per heavy atom. The topological polar surface area (TPSA) is 133 Å². The van der Waals surface area contributed by atoms with E-state index >= 15 is 0 Å². The zero-order valence-corrected chi connectivity index (χ0v) is 18.9. The fraction of sp³-hybridized carbons (Fsp3) is 0.455. The highest BCUT2D eigenvalue weighted by Crippen LogP contribution is 2.31. The number of aromatic nitrogens is 1. The lowest BCUT2D eigenvalue weighted by atomic mass is 10.0. The summed E-state index contributed by atoms with van der Waals surface area (Å²) in [6.07, 6.45) is 1.91. The maximum absolute atomic E-state index is 11.3. The lowest BCUT2D eigenvalue weighted by Crippen LogP contribution is -2.50. The van der Waals surface area contributed by atoms with Gasteiger partial charge in [-0.1, -0.05) is 24.3 Å². The van der Waals surface area contributed by atoms with Crippen LogP contribution in [0, 0.1) is 5.41 Å². The quantitative estimate of drug-likeness (QED) is 0.265. The van der Waals surface area contributed by atoms with E-state index in [1.54, 1.807) is 12.1 Å². The van der Waals surface area contributed by atoms with Crippen molar-refractivity contribution in [1.29, 1.82) is 5.41 Å². The van der Waals surface area contributed by atoms with Crippen molar-refractivity contribution in [2.75, 3.05) is 31.1 Å². The maximum Gasteiger partial charge on any atom is 0.305 e. The number of aliphatic carboxylic acids is 1. The first-order valence-corrected chi connectivity index (χ1v) is 11.5. The second-order valence-electron chi connectivity index (χ2n) is 7.59. The summed E-state index contributed by atoms with van der Waals surface area (Å²) >= 11 is 1.49. The van der Waals surface area contributed by atoms with Crippen molar-refractivity contribution in [2.45, 2.75) is 38.5 Å². The Balaban J connectivity index is 1.74. The number of ether oxygens (including phenoxy) is 1. The molecule has 9 nitrogen and oxygen atoms in total. The summed E-state index contributed by atoms with van der Waals surface area (Å²) in [5.74, 6) is -0.829. The van der Waals surface area contributed by atoms with Gasteiger partial charge in [-0.25, -0.2) is 4.98 Å². The van der Waals surface area contributed by atoms with Crippen LogP contribution in [0.1, 0.15) is 31.7 Å². The lowest BCUT2D eigenvalue weighted by molar-refractivity contribution is -0.137. The van der Waals surface area contributed by atoms with Gasteiger partial charge >= 0.3 is 5.97 Å². The van der Waals surface area contributed by atoms with Gasteiger partial charge in [-0.15, -0.1) is 11.3 Å². The molecule has 0 saturated carbocycles. The number of thiazole rings is 1. The van der Waals surface area contributed by atoms with Crippen LogP contribution in [0.4, 0.5) is 5.13 Å². The van der Waals surface area contributed by atoms with Crippen LogP contribution in [0.5, 0.6) is 0 Å². The third kappa shape index (κ3) is 5.90. The molecule has 1 aliphatic heterocycles. The number of benzene rings is 1. The normalized spacial score (nSPS) is 15.9. The zero-order chi connectivity index (χ0) is 23.1. The average molecular weight is 460 g/mol. The van der Waals surface area contributed by atoms with Crippen molar-refractivity contribution >= 4 is 34.6 Å². The van der Waals surface area contributed by atoms with E-state index in [2.05, 4.69) is 4.90 Å². The molecule has 1 aromatic carbocycles. The number of carboxylic acid groups (broad SMARTS) is 1. The molecule has 0 spiro atoms. The summed E-state index contributed by atoms with van der Waals surface area (Å²) in [6.45, 7) is 4.11. The molecule has 0 bridgehead atoms. The molecule has 1 aromatic heterocycles. The molecule has 1 unspecified atom stereocenters. The molecule has 0 amide bonds. The highest BCUT2D eigenvalue weighted by atomic mass is 32.1. The number of carbonyl (C=O) groups excluding carboxylic acids is 1. The molecule has 1 aliphatic rings. The summed E-state index contributed by atoms with van der Waals surface area (Å²) in [5, 5.41) is 19.5. The van der Waals surface area contributed by atoms with E-state index in [9.17, 15) is 14.7 Å². The second kappa shape index (κ2) is 11.2. The highest BCUT2D eigenvalue weighted by Gasteiger charge is 2.30. The molecule has 1 fully saturated rings. The predicted molar refractivity (Wildman–Crippen MR) is 124 cm³/mol. The third-order valence-corrected chi connectivity index (χ3v) is 6.43.